The highest BCUT2D eigenvalue weighted by Crippen LogP contribution is 2.26. The van der Waals surface area contributed by atoms with Crippen LogP contribution in [0.4, 0.5) is 13.2 Å². The lowest BCUT2D eigenvalue weighted by molar-refractivity contribution is -0.274. The average molecular weight is 296 g/mol. The molecule has 1 atom stereocenters. The largest absolute Gasteiger partial charge is 0.573 e. The number of aliphatic hydroxyl groups is 1. The van der Waals surface area contributed by atoms with Crippen molar-refractivity contribution in [1.82, 2.24) is 0 Å². The van der Waals surface area contributed by atoms with Crippen molar-refractivity contribution in [3.63, 3.8) is 0 Å². The van der Waals surface area contributed by atoms with Crippen LogP contribution in [0.15, 0.2) is 48.5 Å². The van der Waals surface area contributed by atoms with E-state index in [9.17, 15) is 18.3 Å². The van der Waals surface area contributed by atoms with Gasteiger partial charge in [-0.1, -0.05) is 36.4 Å². The summed E-state index contributed by atoms with van der Waals surface area (Å²) in [4.78, 5) is 0. The van der Waals surface area contributed by atoms with E-state index in [0.717, 1.165) is 11.1 Å². The summed E-state index contributed by atoms with van der Waals surface area (Å²) in [7, 11) is 0. The number of hydrogen-bond donors (Lipinski definition) is 1. The van der Waals surface area contributed by atoms with E-state index in [1.165, 1.54) is 24.3 Å². The monoisotopic (exact) mass is 296 g/mol. The van der Waals surface area contributed by atoms with Gasteiger partial charge in [0.2, 0.25) is 0 Å². The average Bonchev–Trinajstić information content (AvgIpc) is 2.40. The molecule has 2 rings (SSSR count). The number of aliphatic hydroxyl groups excluding tert-OH is 1. The molecule has 0 aromatic heterocycles. The van der Waals surface area contributed by atoms with Crippen LogP contribution in [-0.2, 0) is 6.42 Å². The Hall–Kier alpha value is -2.01. The fourth-order valence-corrected chi connectivity index (χ4v) is 2.06. The van der Waals surface area contributed by atoms with Crippen LogP contribution < -0.4 is 4.74 Å². The number of aryl methyl sites for hydroxylation is 1. The lowest BCUT2D eigenvalue weighted by atomic mass is 9.98. The Morgan fingerprint density at radius 2 is 1.67 bits per heavy atom. The Labute approximate surface area is 120 Å². The summed E-state index contributed by atoms with van der Waals surface area (Å²) < 4.78 is 40.0. The minimum absolute atomic E-state index is 0.297. The molecule has 0 radical (unpaired) electrons. The SMILES string of the molecule is Cc1ccccc1CC(O)c1ccc(OC(F)(F)F)cc1. The highest BCUT2D eigenvalue weighted by Gasteiger charge is 2.31. The predicted molar refractivity (Wildman–Crippen MR) is 73.0 cm³/mol. The van der Waals surface area contributed by atoms with E-state index in [1.807, 2.05) is 31.2 Å². The normalized spacial score (nSPS) is 13.0. The lowest BCUT2D eigenvalue weighted by Crippen LogP contribution is -2.17. The van der Waals surface area contributed by atoms with Gasteiger partial charge in [-0.15, -0.1) is 13.2 Å². The van der Waals surface area contributed by atoms with Gasteiger partial charge in [-0.2, -0.15) is 0 Å². The molecule has 0 spiro atoms. The zero-order valence-corrected chi connectivity index (χ0v) is 11.4. The molecule has 0 aliphatic heterocycles. The van der Waals surface area contributed by atoms with Crippen LogP contribution in [0.3, 0.4) is 0 Å². The first-order valence-corrected chi connectivity index (χ1v) is 6.43. The maximum Gasteiger partial charge on any atom is 0.573 e. The van der Waals surface area contributed by atoms with Gasteiger partial charge in [0.1, 0.15) is 5.75 Å². The van der Waals surface area contributed by atoms with Gasteiger partial charge in [0, 0.05) is 6.42 Å². The number of halogens is 3. The number of hydrogen-bond acceptors (Lipinski definition) is 2. The molecule has 0 aliphatic rings. The molecule has 0 amide bonds. The molecular weight excluding hydrogens is 281 g/mol. The predicted octanol–water partition coefficient (Wildman–Crippen LogP) is 4.17. The molecule has 2 aromatic carbocycles. The van der Waals surface area contributed by atoms with Crippen molar-refractivity contribution in [2.75, 3.05) is 0 Å². The van der Waals surface area contributed by atoms with Crippen molar-refractivity contribution in [2.24, 2.45) is 0 Å². The fraction of sp³-hybridized carbons (Fsp3) is 0.250. The lowest BCUT2D eigenvalue weighted by Gasteiger charge is -2.14. The highest BCUT2D eigenvalue weighted by molar-refractivity contribution is 5.31. The summed E-state index contributed by atoms with van der Waals surface area (Å²) >= 11 is 0. The quantitative estimate of drug-likeness (QED) is 0.917. The zero-order chi connectivity index (χ0) is 15.5. The number of benzene rings is 2. The smallest absolute Gasteiger partial charge is 0.406 e. The van der Waals surface area contributed by atoms with Crippen LogP contribution >= 0.6 is 0 Å². The van der Waals surface area contributed by atoms with Crippen LogP contribution in [0.5, 0.6) is 5.75 Å². The van der Waals surface area contributed by atoms with E-state index < -0.39 is 12.5 Å². The van der Waals surface area contributed by atoms with Gasteiger partial charge in [-0.05, 0) is 35.7 Å². The first kappa shape index (κ1) is 15.4. The van der Waals surface area contributed by atoms with Crippen LogP contribution in [0, 0.1) is 6.92 Å². The molecule has 5 heteroatoms. The molecule has 1 unspecified atom stereocenters. The van der Waals surface area contributed by atoms with Crippen LogP contribution in [0.1, 0.15) is 22.8 Å². The van der Waals surface area contributed by atoms with Crippen LogP contribution in [-0.4, -0.2) is 11.5 Å². The second-order valence-corrected chi connectivity index (χ2v) is 4.76. The molecule has 1 N–H and O–H groups in total. The molecule has 0 heterocycles. The van der Waals surface area contributed by atoms with Gasteiger partial charge in [-0.3, -0.25) is 0 Å². The van der Waals surface area contributed by atoms with Crippen molar-refractivity contribution >= 4 is 0 Å². The van der Waals surface area contributed by atoms with E-state index in [-0.39, 0.29) is 5.75 Å². The summed E-state index contributed by atoms with van der Waals surface area (Å²) in [5.74, 6) is -0.297. The Bertz CT molecular complexity index is 591. The van der Waals surface area contributed by atoms with E-state index in [2.05, 4.69) is 4.74 Å². The van der Waals surface area contributed by atoms with Crippen molar-refractivity contribution < 1.29 is 23.0 Å². The van der Waals surface area contributed by atoms with Gasteiger partial charge >= 0.3 is 6.36 Å². The van der Waals surface area contributed by atoms with Gasteiger partial charge in [-0.25, -0.2) is 0 Å². The topological polar surface area (TPSA) is 29.5 Å². The number of alkyl halides is 3. The maximum absolute atomic E-state index is 12.1. The van der Waals surface area contributed by atoms with Crippen molar-refractivity contribution in [2.45, 2.75) is 25.8 Å². The number of rotatable bonds is 4. The Balaban J connectivity index is 2.06. The Morgan fingerprint density at radius 3 is 2.24 bits per heavy atom. The van der Waals surface area contributed by atoms with Gasteiger partial charge in [0.15, 0.2) is 0 Å². The van der Waals surface area contributed by atoms with Crippen molar-refractivity contribution in [1.29, 1.82) is 0 Å². The van der Waals surface area contributed by atoms with Crippen LogP contribution in [0.25, 0.3) is 0 Å². The summed E-state index contributed by atoms with van der Waals surface area (Å²) in [6, 6.07) is 12.9. The molecule has 2 nitrogen and oxygen atoms in total. The molecule has 0 aliphatic carbocycles. The molecule has 0 fully saturated rings. The summed E-state index contributed by atoms with van der Waals surface area (Å²) in [5, 5.41) is 10.2. The molecule has 112 valence electrons. The molecule has 21 heavy (non-hydrogen) atoms. The van der Waals surface area contributed by atoms with Crippen LogP contribution in [0.2, 0.25) is 0 Å². The van der Waals surface area contributed by atoms with Gasteiger partial charge in [0.25, 0.3) is 0 Å². The first-order chi connectivity index (χ1) is 9.85. The second-order valence-electron chi connectivity index (χ2n) is 4.76. The molecule has 0 saturated carbocycles. The molecule has 0 saturated heterocycles. The number of ether oxygens (including phenoxy) is 1. The Morgan fingerprint density at radius 1 is 1.05 bits per heavy atom. The summed E-state index contributed by atoms with van der Waals surface area (Å²) in [6.07, 6.45) is -5.07. The second kappa shape index (κ2) is 6.18. The Kier molecular flexibility index (Phi) is 4.53. The third-order valence-corrected chi connectivity index (χ3v) is 3.17. The van der Waals surface area contributed by atoms with Crippen molar-refractivity contribution in [3.05, 3.63) is 65.2 Å². The highest BCUT2D eigenvalue weighted by atomic mass is 19.4. The zero-order valence-electron chi connectivity index (χ0n) is 11.4. The van der Waals surface area contributed by atoms with Gasteiger partial charge < -0.3 is 9.84 Å². The minimum atomic E-state index is -4.71. The third kappa shape index (κ3) is 4.49. The van der Waals surface area contributed by atoms with E-state index in [4.69, 9.17) is 0 Å². The summed E-state index contributed by atoms with van der Waals surface area (Å²) in [6.45, 7) is 1.95. The first-order valence-electron chi connectivity index (χ1n) is 6.43. The van der Waals surface area contributed by atoms with Gasteiger partial charge in [0.05, 0.1) is 6.10 Å². The molecular formula is C16H15F3O2. The van der Waals surface area contributed by atoms with E-state index >= 15 is 0 Å². The minimum Gasteiger partial charge on any atom is -0.406 e. The van der Waals surface area contributed by atoms with Crippen molar-refractivity contribution in [3.8, 4) is 5.75 Å². The molecule has 0 bridgehead atoms. The maximum atomic E-state index is 12.1. The fourth-order valence-electron chi connectivity index (χ4n) is 2.06. The third-order valence-electron chi connectivity index (χ3n) is 3.17. The summed E-state index contributed by atoms with van der Waals surface area (Å²) in [5.41, 5.74) is 2.61. The van der Waals surface area contributed by atoms with E-state index in [0.29, 0.717) is 12.0 Å². The molecule has 2 aromatic rings. The van der Waals surface area contributed by atoms with E-state index in [1.54, 1.807) is 0 Å². The standard InChI is InChI=1S/C16H15F3O2/c1-11-4-2-3-5-13(11)10-15(20)12-6-8-14(9-7-12)21-16(17,18)19/h2-9,15,20H,10H2,1H3.